The SMILES string of the molecule is COC(=O)c1ccc(NC2=C(Cl)C(=O)N(c3ccc(C)c(Cl)c3)C2=O)cc1. The molecule has 0 aliphatic carbocycles. The van der Waals surface area contributed by atoms with Crippen molar-refractivity contribution in [3.05, 3.63) is 69.3 Å². The maximum absolute atomic E-state index is 12.7. The van der Waals surface area contributed by atoms with E-state index in [2.05, 4.69) is 10.1 Å². The maximum Gasteiger partial charge on any atom is 0.337 e. The predicted molar refractivity (Wildman–Crippen MR) is 103 cm³/mol. The van der Waals surface area contributed by atoms with Gasteiger partial charge in [-0.3, -0.25) is 9.59 Å². The van der Waals surface area contributed by atoms with Crippen LogP contribution < -0.4 is 10.2 Å². The van der Waals surface area contributed by atoms with E-state index in [1.807, 2.05) is 6.92 Å². The summed E-state index contributed by atoms with van der Waals surface area (Å²) in [5.41, 5.74) is 1.94. The first-order valence-electron chi connectivity index (χ1n) is 7.83. The lowest BCUT2D eigenvalue weighted by atomic mass is 10.2. The average molecular weight is 405 g/mol. The van der Waals surface area contributed by atoms with Gasteiger partial charge in [0.15, 0.2) is 0 Å². The number of rotatable bonds is 4. The second kappa shape index (κ2) is 7.42. The van der Waals surface area contributed by atoms with Gasteiger partial charge in [0, 0.05) is 10.7 Å². The van der Waals surface area contributed by atoms with Crippen LogP contribution >= 0.6 is 23.2 Å². The third-order valence-corrected chi connectivity index (χ3v) is 4.77. The van der Waals surface area contributed by atoms with Gasteiger partial charge in [-0.25, -0.2) is 9.69 Å². The molecule has 2 aromatic carbocycles. The van der Waals surface area contributed by atoms with E-state index in [1.165, 1.54) is 25.3 Å². The minimum absolute atomic E-state index is 0.0517. The highest BCUT2D eigenvalue weighted by Crippen LogP contribution is 2.32. The summed E-state index contributed by atoms with van der Waals surface area (Å²) in [6.45, 7) is 1.82. The Morgan fingerprint density at radius 1 is 1.04 bits per heavy atom. The van der Waals surface area contributed by atoms with E-state index in [4.69, 9.17) is 23.2 Å². The highest BCUT2D eigenvalue weighted by molar-refractivity contribution is 6.53. The number of carbonyl (C=O) groups excluding carboxylic acids is 3. The minimum atomic E-state index is -0.643. The topological polar surface area (TPSA) is 75.7 Å². The number of aryl methyl sites for hydroxylation is 1. The molecule has 2 amide bonds. The van der Waals surface area contributed by atoms with Crippen LogP contribution in [-0.2, 0) is 14.3 Å². The number of ether oxygens (including phenoxy) is 1. The van der Waals surface area contributed by atoms with Crippen LogP contribution in [0.2, 0.25) is 5.02 Å². The summed E-state index contributed by atoms with van der Waals surface area (Å²) in [7, 11) is 1.29. The first-order chi connectivity index (χ1) is 12.8. The molecule has 0 unspecified atom stereocenters. The van der Waals surface area contributed by atoms with E-state index in [9.17, 15) is 14.4 Å². The fourth-order valence-electron chi connectivity index (χ4n) is 2.52. The van der Waals surface area contributed by atoms with Gasteiger partial charge in [0.1, 0.15) is 10.7 Å². The molecule has 0 spiro atoms. The van der Waals surface area contributed by atoms with Crippen LogP contribution in [0.5, 0.6) is 0 Å². The molecule has 27 heavy (non-hydrogen) atoms. The fourth-order valence-corrected chi connectivity index (χ4v) is 2.91. The number of nitrogens with zero attached hydrogens (tertiary/aromatic N) is 1. The molecule has 0 saturated heterocycles. The van der Waals surface area contributed by atoms with Crippen molar-refractivity contribution in [3.63, 3.8) is 0 Å². The zero-order valence-electron chi connectivity index (χ0n) is 14.4. The number of hydrogen-bond acceptors (Lipinski definition) is 5. The molecule has 0 bridgehead atoms. The number of halogens is 2. The zero-order chi connectivity index (χ0) is 19.7. The van der Waals surface area contributed by atoms with Crippen molar-refractivity contribution in [2.24, 2.45) is 0 Å². The fraction of sp³-hybridized carbons (Fsp3) is 0.105. The number of anilines is 2. The summed E-state index contributed by atoms with van der Waals surface area (Å²) in [5.74, 6) is -1.72. The zero-order valence-corrected chi connectivity index (χ0v) is 15.9. The molecule has 0 aromatic heterocycles. The first-order valence-corrected chi connectivity index (χ1v) is 8.59. The number of imide groups is 1. The Balaban J connectivity index is 1.86. The Morgan fingerprint density at radius 3 is 2.30 bits per heavy atom. The molecule has 0 radical (unpaired) electrons. The Labute approximate surface area is 165 Å². The van der Waals surface area contributed by atoms with Gasteiger partial charge in [-0.05, 0) is 48.9 Å². The number of methoxy groups -OCH3 is 1. The van der Waals surface area contributed by atoms with Gasteiger partial charge in [-0.1, -0.05) is 29.3 Å². The smallest absolute Gasteiger partial charge is 0.337 e. The molecule has 1 aliphatic rings. The van der Waals surface area contributed by atoms with Crippen LogP contribution in [0.3, 0.4) is 0 Å². The van der Waals surface area contributed by atoms with E-state index < -0.39 is 17.8 Å². The van der Waals surface area contributed by atoms with E-state index in [1.54, 1.807) is 24.3 Å². The number of esters is 1. The molecular weight excluding hydrogens is 391 g/mol. The summed E-state index contributed by atoms with van der Waals surface area (Å²) in [6, 6.07) is 11.1. The standard InChI is InChI=1S/C19H14Cl2N2O4/c1-10-3-8-13(9-14(10)20)23-17(24)15(21)16(18(23)25)22-12-6-4-11(5-7-12)19(26)27-2/h3-9,22H,1-2H3. The van der Waals surface area contributed by atoms with Gasteiger partial charge in [-0.2, -0.15) is 0 Å². The lowest BCUT2D eigenvalue weighted by molar-refractivity contribution is -0.120. The molecule has 138 valence electrons. The normalized spacial score (nSPS) is 14.0. The molecule has 6 nitrogen and oxygen atoms in total. The highest BCUT2D eigenvalue weighted by atomic mass is 35.5. The molecule has 1 heterocycles. The molecule has 3 rings (SSSR count). The number of hydrogen-bond donors (Lipinski definition) is 1. The van der Waals surface area contributed by atoms with Crippen molar-refractivity contribution in [2.75, 3.05) is 17.3 Å². The molecule has 0 saturated carbocycles. The second-order valence-electron chi connectivity index (χ2n) is 5.76. The van der Waals surface area contributed by atoms with E-state index in [0.717, 1.165) is 10.5 Å². The van der Waals surface area contributed by atoms with Crippen molar-refractivity contribution >= 4 is 52.4 Å². The van der Waals surface area contributed by atoms with Crippen molar-refractivity contribution in [1.29, 1.82) is 0 Å². The third-order valence-electron chi connectivity index (χ3n) is 4.02. The molecule has 8 heteroatoms. The lowest BCUT2D eigenvalue weighted by Gasteiger charge is -2.16. The summed E-state index contributed by atoms with van der Waals surface area (Å²) >= 11 is 12.2. The Morgan fingerprint density at radius 2 is 1.70 bits per heavy atom. The van der Waals surface area contributed by atoms with Crippen LogP contribution in [0.25, 0.3) is 0 Å². The second-order valence-corrected chi connectivity index (χ2v) is 6.55. The van der Waals surface area contributed by atoms with Crippen molar-refractivity contribution in [2.45, 2.75) is 6.92 Å². The monoisotopic (exact) mass is 404 g/mol. The summed E-state index contributed by atoms with van der Waals surface area (Å²) in [4.78, 5) is 37.6. The van der Waals surface area contributed by atoms with Gasteiger partial charge < -0.3 is 10.1 Å². The van der Waals surface area contributed by atoms with E-state index in [-0.39, 0.29) is 10.7 Å². The molecular formula is C19H14Cl2N2O4. The van der Waals surface area contributed by atoms with Crippen molar-refractivity contribution in [3.8, 4) is 0 Å². The van der Waals surface area contributed by atoms with Gasteiger partial charge in [0.05, 0.1) is 18.4 Å². The number of carbonyl (C=O) groups is 3. The molecule has 2 aromatic rings. The van der Waals surface area contributed by atoms with Gasteiger partial charge >= 0.3 is 5.97 Å². The largest absolute Gasteiger partial charge is 0.465 e. The van der Waals surface area contributed by atoms with E-state index in [0.29, 0.717) is 22.0 Å². The third kappa shape index (κ3) is 3.54. The lowest BCUT2D eigenvalue weighted by Crippen LogP contribution is -2.32. The highest BCUT2D eigenvalue weighted by Gasteiger charge is 2.39. The summed E-state index contributed by atoms with van der Waals surface area (Å²) < 4.78 is 4.63. The van der Waals surface area contributed by atoms with E-state index >= 15 is 0 Å². The number of amides is 2. The predicted octanol–water partition coefficient (Wildman–Crippen LogP) is 3.87. The summed E-state index contributed by atoms with van der Waals surface area (Å²) in [6.07, 6.45) is 0. The van der Waals surface area contributed by atoms with Crippen LogP contribution in [0.15, 0.2) is 53.2 Å². The Bertz CT molecular complexity index is 984. The summed E-state index contributed by atoms with van der Waals surface area (Å²) in [5, 5.41) is 3.04. The van der Waals surface area contributed by atoms with Gasteiger partial charge in [-0.15, -0.1) is 0 Å². The minimum Gasteiger partial charge on any atom is -0.465 e. The van der Waals surface area contributed by atoms with Crippen LogP contribution in [0, 0.1) is 6.92 Å². The Hall–Kier alpha value is -2.83. The quantitative estimate of drug-likeness (QED) is 0.618. The maximum atomic E-state index is 12.7. The van der Waals surface area contributed by atoms with Gasteiger partial charge in [0.2, 0.25) is 0 Å². The molecule has 0 fully saturated rings. The molecule has 0 atom stereocenters. The molecule has 1 aliphatic heterocycles. The van der Waals surface area contributed by atoms with Crippen LogP contribution in [-0.4, -0.2) is 24.9 Å². The van der Waals surface area contributed by atoms with Crippen molar-refractivity contribution in [1.82, 2.24) is 0 Å². The van der Waals surface area contributed by atoms with Crippen molar-refractivity contribution < 1.29 is 19.1 Å². The van der Waals surface area contributed by atoms with Crippen LogP contribution in [0.4, 0.5) is 11.4 Å². The number of benzene rings is 2. The number of nitrogens with one attached hydrogen (secondary N) is 1. The van der Waals surface area contributed by atoms with Crippen LogP contribution in [0.1, 0.15) is 15.9 Å². The Kier molecular flexibility index (Phi) is 5.21. The van der Waals surface area contributed by atoms with Gasteiger partial charge in [0.25, 0.3) is 11.8 Å². The molecule has 1 N–H and O–H groups in total. The first kappa shape index (κ1) is 18.9. The average Bonchev–Trinajstić information content (AvgIpc) is 2.87.